The fourth-order valence-corrected chi connectivity index (χ4v) is 1.68. The molecule has 16 heavy (non-hydrogen) atoms. The van der Waals surface area contributed by atoms with Gasteiger partial charge >= 0.3 is 0 Å². The maximum atomic E-state index is 4.95. The quantitative estimate of drug-likeness (QED) is 0.698. The highest BCUT2D eigenvalue weighted by Gasteiger charge is 1.97. The molecule has 0 atom stereocenters. The first-order chi connectivity index (χ1) is 7.86. The SMILES string of the molecule is CCSCc1ncc(CNCCOC)cn1. The molecule has 0 saturated heterocycles. The summed E-state index contributed by atoms with van der Waals surface area (Å²) in [5, 5.41) is 3.26. The van der Waals surface area contributed by atoms with Gasteiger partial charge in [-0.3, -0.25) is 0 Å². The van der Waals surface area contributed by atoms with Crippen LogP contribution in [-0.4, -0.2) is 36.0 Å². The Bertz CT molecular complexity index is 279. The molecule has 0 unspecified atom stereocenters. The van der Waals surface area contributed by atoms with Gasteiger partial charge in [-0.05, 0) is 5.75 Å². The second-order valence-electron chi connectivity index (χ2n) is 3.31. The van der Waals surface area contributed by atoms with Crippen molar-refractivity contribution in [3.63, 3.8) is 0 Å². The molecule has 0 aliphatic heterocycles. The van der Waals surface area contributed by atoms with Crippen LogP contribution in [0, 0.1) is 0 Å². The number of thioether (sulfide) groups is 1. The third-order valence-electron chi connectivity index (χ3n) is 2.01. The monoisotopic (exact) mass is 241 g/mol. The Morgan fingerprint density at radius 3 is 2.75 bits per heavy atom. The van der Waals surface area contributed by atoms with E-state index in [4.69, 9.17) is 4.74 Å². The van der Waals surface area contributed by atoms with E-state index in [0.717, 1.165) is 42.6 Å². The van der Waals surface area contributed by atoms with Crippen LogP contribution in [0.15, 0.2) is 12.4 Å². The Labute approximate surface area is 101 Å². The van der Waals surface area contributed by atoms with Gasteiger partial charge in [0.2, 0.25) is 0 Å². The summed E-state index contributed by atoms with van der Waals surface area (Å²) in [4.78, 5) is 8.62. The standard InChI is InChI=1S/C11H19N3OS/c1-3-16-9-11-13-7-10(8-14-11)6-12-4-5-15-2/h7-8,12H,3-6,9H2,1-2H3. The summed E-state index contributed by atoms with van der Waals surface area (Å²) < 4.78 is 4.95. The summed E-state index contributed by atoms with van der Waals surface area (Å²) in [5.41, 5.74) is 1.11. The Morgan fingerprint density at radius 2 is 2.12 bits per heavy atom. The minimum absolute atomic E-state index is 0.728. The minimum Gasteiger partial charge on any atom is -0.383 e. The van der Waals surface area contributed by atoms with E-state index < -0.39 is 0 Å². The number of nitrogens with one attached hydrogen (secondary N) is 1. The van der Waals surface area contributed by atoms with E-state index in [1.54, 1.807) is 7.11 Å². The first kappa shape index (κ1) is 13.4. The lowest BCUT2D eigenvalue weighted by Gasteiger charge is -2.04. The van der Waals surface area contributed by atoms with Crippen LogP contribution in [0.25, 0.3) is 0 Å². The number of rotatable bonds is 8. The third-order valence-corrected chi connectivity index (χ3v) is 2.88. The predicted molar refractivity (Wildman–Crippen MR) is 67.5 cm³/mol. The van der Waals surface area contributed by atoms with Gasteiger partial charge in [-0.25, -0.2) is 9.97 Å². The molecule has 4 nitrogen and oxygen atoms in total. The molecule has 0 bridgehead atoms. The molecule has 0 radical (unpaired) electrons. The molecule has 0 aliphatic carbocycles. The van der Waals surface area contributed by atoms with Gasteiger partial charge in [-0.15, -0.1) is 0 Å². The van der Waals surface area contributed by atoms with E-state index in [1.165, 1.54) is 0 Å². The van der Waals surface area contributed by atoms with Crippen molar-refractivity contribution in [1.82, 2.24) is 15.3 Å². The number of hydrogen-bond donors (Lipinski definition) is 1. The molecule has 0 aliphatic rings. The number of ether oxygens (including phenoxy) is 1. The lowest BCUT2D eigenvalue weighted by Crippen LogP contribution is -2.18. The molecule has 1 aromatic rings. The van der Waals surface area contributed by atoms with Crippen molar-refractivity contribution in [3.8, 4) is 0 Å². The lowest BCUT2D eigenvalue weighted by atomic mass is 10.3. The zero-order chi connectivity index (χ0) is 11.6. The fraction of sp³-hybridized carbons (Fsp3) is 0.636. The molecule has 5 heteroatoms. The Hall–Kier alpha value is -0.650. The second kappa shape index (κ2) is 8.50. The maximum Gasteiger partial charge on any atom is 0.138 e. The molecule has 0 saturated carbocycles. The normalized spacial score (nSPS) is 10.6. The molecule has 1 heterocycles. The Kier molecular flexibility index (Phi) is 7.12. The number of nitrogens with zero attached hydrogens (tertiary/aromatic N) is 2. The molecule has 90 valence electrons. The summed E-state index contributed by atoms with van der Waals surface area (Å²) in [6.45, 7) is 4.51. The lowest BCUT2D eigenvalue weighted by molar-refractivity contribution is 0.199. The number of aromatic nitrogens is 2. The van der Waals surface area contributed by atoms with Crippen molar-refractivity contribution in [2.75, 3.05) is 26.0 Å². The number of methoxy groups -OCH3 is 1. The van der Waals surface area contributed by atoms with E-state index in [9.17, 15) is 0 Å². The van der Waals surface area contributed by atoms with Gasteiger partial charge in [0.25, 0.3) is 0 Å². The summed E-state index contributed by atoms with van der Waals surface area (Å²) >= 11 is 1.83. The zero-order valence-electron chi connectivity index (χ0n) is 9.90. The van der Waals surface area contributed by atoms with E-state index in [1.807, 2.05) is 24.2 Å². The molecule has 0 amide bonds. The highest BCUT2D eigenvalue weighted by Crippen LogP contribution is 2.06. The van der Waals surface area contributed by atoms with E-state index in [-0.39, 0.29) is 0 Å². The van der Waals surface area contributed by atoms with Gasteiger partial charge in [0, 0.05) is 38.2 Å². The third kappa shape index (κ3) is 5.44. The summed E-state index contributed by atoms with van der Waals surface area (Å²) in [5.74, 6) is 2.91. The fourth-order valence-electron chi connectivity index (χ4n) is 1.15. The maximum absolute atomic E-state index is 4.95. The van der Waals surface area contributed by atoms with Crippen molar-refractivity contribution >= 4 is 11.8 Å². The smallest absolute Gasteiger partial charge is 0.138 e. The van der Waals surface area contributed by atoms with Crippen LogP contribution in [0.5, 0.6) is 0 Å². The summed E-state index contributed by atoms with van der Waals surface area (Å²) in [6, 6.07) is 0. The van der Waals surface area contributed by atoms with Crippen molar-refractivity contribution in [1.29, 1.82) is 0 Å². The van der Waals surface area contributed by atoms with Crippen LogP contribution in [0.1, 0.15) is 18.3 Å². The van der Waals surface area contributed by atoms with Crippen molar-refractivity contribution in [2.24, 2.45) is 0 Å². The van der Waals surface area contributed by atoms with E-state index in [0.29, 0.717) is 0 Å². The first-order valence-corrected chi connectivity index (χ1v) is 6.59. The van der Waals surface area contributed by atoms with Crippen LogP contribution in [0.4, 0.5) is 0 Å². The van der Waals surface area contributed by atoms with Crippen LogP contribution in [0.3, 0.4) is 0 Å². The van der Waals surface area contributed by atoms with Crippen LogP contribution in [-0.2, 0) is 17.0 Å². The second-order valence-corrected chi connectivity index (χ2v) is 4.59. The van der Waals surface area contributed by atoms with Gasteiger partial charge in [-0.1, -0.05) is 6.92 Å². The average Bonchev–Trinajstić information content (AvgIpc) is 2.33. The van der Waals surface area contributed by atoms with Crippen LogP contribution in [0.2, 0.25) is 0 Å². The first-order valence-electron chi connectivity index (χ1n) is 5.44. The van der Waals surface area contributed by atoms with Crippen molar-refractivity contribution < 1.29 is 4.74 Å². The Balaban J connectivity index is 2.27. The predicted octanol–water partition coefficient (Wildman–Crippen LogP) is 1.47. The van der Waals surface area contributed by atoms with Crippen LogP contribution < -0.4 is 5.32 Å². The van der Waals surface area contributed by atoms with Gasteiger partial charge in [-0.2, -0.15) is 11.8 Å². The largest absolute Gasteiger partial charge is 0.383 e. The van der Waals surface area contributed by atoms with E-state index >= 15 is 0 Å². The molecule has 1 rings (SSSR count). The summed E-state index contributed by atoms with van der Waals surface area (Å²) in [6.07, 6.45) is 3.77. The van der Waals surface area contributed by atoms with E-state index in [2.05, 4.69) is 22.2 Å². The Morgan fingerprint density at radius 1 is 1.38 bits per heavy atom. The molecule has 1 aromatic heterocycles. The number of hydrogen-bond acceptors (Lipinski definition) is 5. The molecule has 0 aromatic carbocycles. The van der Waals surface area contributed by atoms with Crippen molar-refractivity contribution in [3.05, 3.63) is 23.8 Å². The van der Waals surface area contributed by atoms with Crippen LogP contribution >= 0.6 is 11.8 Å². The summed E-state index contributed by atoms with van der Waals surface area (Å²) in [7, 11) is 1.70. The molecule has 1 N–H and O–H groups in total. The zero-order valence-corrected chi connectivity index (χ0v) is 10.7. The topological polar surface area (TPSA) is 47.0 Å². The molecule has 0 fully saturated rings. The average molecular weight is 241 g/mol. The highest BCUT2D eigenvalue weighted by atomic mass is 32.2. The van der Waals surface area contributed by atoms with Gasteiger partial charge in [0.05, 0.1) is 12.4 Å². The molecule has 0 spiro atoms. The van der Waals surface area contributed by atoms with Gasteiger partial charge in [0.1, 0.15) is 5.82 Å². The van der Waals surface area contributed by atoms with Crippen molar-refractivity contribution in [2.45, 2.75) is 19.2 Å². The van der Waals surface area contributed by atoms with Gasteiger partial charge in [0.15, 0.2) is 0 Å². The molecular formula is C11H19N3OS. The minimum atomic E-state index is 0.728. The van der Waals surface area contributed by atoms with Gasteiger partial charge < -0.3 is 10.1 Å². The molecular weight excluding hydrogens is 222 g/mol. The highest BCUT2D eigenvalue weighted by molar-refractivity contribution is 7.98.